The third kappa shape index (κ3) is 2.66. The lowest BCUT2D eigenvalue weighted by molar-refractivity contribution is 0.409. The van der Waals surface area contributed by atoms with Gasteiger partial charge in [0.25, 0.3) is 0 Å². The Morgan fingerprint density at radius 3 is 2.45 bits per heavy atom. The number of hydrogen-bond acceptors (Lipinski definition) is 3. The van der Waals surface area contributed by atoms with E-state index in [2.05, 4.69) is 4.90 Å². The Labute approximate surface area is 130 Å². The van der Waals surface area contributed by atoms with Crippen molar-refractivity contribution in [1.82, 2.24) is 4.90 Å². The standard InChI is InChI=1S/C17H18FNO2S/c1-19-11-10-13(12-19)15-8-5-9-16(17(15)18)22(20,21)14-6-3-2-4-7-14/h2-9,13H,10-12H2,1H3. The molecule has 1 atom stereocenters. The number of hydrogen-bond donors (Lipinski definition) is 0. The quantitative estimate of drug-likeness (QED) is 0.872. The first-order valence-electron chi connectivity index (χ1n) is 7.27. The second kappa shape index (κ2) is 5.82. The highest BCUT2D eigenvalue weighted by Gasteiger charge is 2.28. The molecule has 0 aliphatic carbocycles. The highest BCUT2D eigenvalue weighted by Crippen LogP contribution is 2.32. The van der Waals surface area contributed by atoms with Crippen LogP contribution in [-0.2, 0) is 9.84 Å². The maximum Gasteiger partial charge on any atom is 0.209 e. The molecule has 0 spiro atoms. The Morgan fingerprint density at radius 2 is 1.82 bits per heavy atom. The molecule has 1 fully saturated rings. The maximum absolute atomic E-state index is 14.8. The van der Waals surface area contributed by atoms with Gasteiger partial charge in [0.15, 0.2) is 0 Å². The average Bonchev–Trinajstić information content (AvgIpc) is 2.94. The van der Waals surface area contributed by atoms with Gasteiger partial charge in [-0.2, -0.15) is 0 Å². The molecule has 22 heavy (non-hydrogen) atoms. The van der Waals surface area contributed by atoms with Gasteiger partial charge in [-0.15, -0.1) is 0 Å². The Hall–Kier alpha value is -1.72. The maximum atomic E-state index is 14.8. The molecule has 116 valence electrons. The van der Waals surface area contributed by atoms with Crippen LogP contribution >= 0.6 is 0 Å². The molecule has 2 aromatic carbocycles. The first-order chi connectivity index (χ1) is 10.5. The van der Waals surface area contributed by atoms with Crippen LogP contribution in [0.3, 0.4) is 0 Å². The number of likely N-dealkylation sites (N-methyl/N-ethyl adjacent to an activating group) is 1. The number of likely N-dealkylation sites (tertiary alicyclic amines) is 1. The summed E-state index contributed by atoms with van der Waals surface area (Å²) < 4.78 is 40.1. The van der Waals surface area contributed by atoms with Crippen molar-refractivity contribution < 1.29 is 12.8 Å². The molecule has 0 amide bonds. The molecule has 2 aromatic rings. The molecule has 1 saturated heterocycles. The van der Waals surface area contributed by atoms with Gasteiger partial charge in [0.05, 0.1) is 4.90 Å². The van der Waals surface area contributed by atoms with Crippen LogP contribution in [0.5, 0.6) is 0 Å². The predicted molar refractivity (Wildman–Crippen MR) is 83.1 cm³/mol. The zero-order valence-corrected chi connectivity index (χ0v) is 13.2. The second-order valence-electron chi connectivity index (χ2n) is 5.72. The molecule has 0 aromatic heterocycles. The van der Waals surface area contributed by atoms with Gasteiger partial charge in [-0.3, -0.25) is 0 Å². The summed E-state index contributed by atoms with van der Waals surface area (Å²) in [5.74, 6) is -0.553. The number of rotatable bonds is 3. The Morgan fingerprint density at radius 1 is 1.09 bits per heavy atom. The van der Waals surface area contributed by atoms with Crippen molar-refractivity contribution in [3.8, 4) is 0 Å². The monoisotopic (exact) mass is 319 g/mol. The fourth-order valence-corrected chi connectivity index (χ4v) is 4.35. The van der Waals surface area contributed by atoms with E-state index in [9.17, 15) is 12.8 Å². The molecular weight excluding hydrogens is 301 g/mol. The highest BCUT2D eigenvalue weighted by atomic mass is 32.2. The van der Waals surface area contributed by atoms with Crippen molar-refractivity contribution in [3.63, 3.8) is 0 Å². The molecule has 3 rings (SSSR count). The van der Waals surface area contributed by atoms with Crippen molar-refractivity contribution >= 4 is 9.84 Å². The van der Waals surface area contributed by atoms with Crippen molar-refractivity contribution in [3.05, 3.63) is 59.9 Å². The Balaban J connectivity index is 2.06. The van der Waals surface area contributed by atoms with Crippen molar-refractivity contribution in [1.29, 1.82) is 0 Å². The highest BCUT2D eigenvalue weighted by molar-refractivity contribution is 7.91. The summed E-state index contributed by atoms with van der Waals surface area (Å²) in [6.07, 6.45) is 0.849. The summed E-state index contributed by atoms with van der Waals surface area (Å²) in [5, 5.41) is 0. The van der Waals surface area contributed by atoms with E-state index in [0.717, 1.165) is 19.5 Å². The number of benzene rings is 2. The van der Waals surface area contributed by atoms with Gasteiger partial charge in [0, 0.05) is 12.5 Å². The zero-order valence-electron chi connectivity index (χ0n) is 12.4. The molecule has 5 heteroatoms. The van der Waals surface area contributed by atoms with Gasteiger partial charge in [0.2, 0.25) is 9.84 Å². The van der Waals surface area contributed by atoms with Crippen molar-refractivity contribution in [2.45, 2.75) is 22.1 Å². The summed E-state index contributed by atoms with van der Waals surface area (Å²) in [7, 11) is -1.84. The third-order valence-corrected chi connectivity index (χ3v) is 5.95. The molecule has 1 aliphatic heterocycles. The largest absolute Gasteiger partial charge is 0.306 e. The van der Waals surface area contributed by atoms with Crippen LogP contribution in [0.15, 0.2) is 58.3 Å². The van der Waals surface area contributed by atoms with Crippen LogP contribution in [0.4, 0.5) is 4.39 Å². The Kier molecular flexibility index (Phi) is 4.02. The molecule has 1 aliphatic rings. The summed E-state index contributed by atoms with van der Waals surface area (Å²) in [5.41, 5.74) is 0.501. The second-order valence-corrected chi connectivity index (χ2v) is 7.64. The first kappa shape index (κ1) is 15.2. The van der Waals surface area contributed by atoms with E-state index in [-0.39, 0.29) is 15.7 Å². The van der Waals surface area contributed by atoms with Gasteiger partial charge >= 0.3 is 0 Å². The zero-order chi connectivity index (χ0) is 15.7. The number of sulfone groups is 1. The molecule has 1 heterocycles. The van der Waals surface area contributed by atoms with Gasteiger partial charge in [-0.05, 0) is 43.8 Å². The third-order valence-electron chi connectivity index (χ3n) is 4.17. The number of halogens is 1. The molecule has 0 bridgehead atoms. The van der Waals surface area contributed by atoms with Crippen molar-refractivity contribution in [2.75, 3.05) is 20.1 Å². The fraction of sp³-hybridized carbons (Fsp3) is 0.294. The van der Waals surface area contributed by atoms with E-state index < -0.39 is 15.7 Å². The molecule has 1 unspecified atom stereocenters. The summed E-state index contributed by atoms with van der Waals surface area (Å²) >= 11 is 0. The summed E-state index contributed by atoms with van der Waals surface area (Å²) in [6, 6.07) is 12.7. The normalized spacial score (nSPS) is 19.5. The van der Waals surface area contributed by atoms with Crippen LogP contribution < -0.4 is 0 Å². The molecule has 0 saturated carbocycles. The predicted octanol–water partition coefficient (Wildman–Crippen LogP) is 3.08. The minimum atomic E-state index is -3.82. The fourth-order valence-electron chi connectivity index (χ4n) is 2.97. The minimum Gasteiger partial charge on any atom is -0.306 e. The van der Waals surface area contributed by atoms with E-state index in [0.29, 0.717) is 5.56 Å². The van der Waals surface area contributed by atoms with Crippen LogP contribution in [0.2, 0.25) is 0 Å². The van der Waals surface area contributed by atoms with E-state index >= 15 is 0 Å². The van der Waals surface area contributed by atoms with Crippen LogP contribution in [-0.4, -0.2) is 33.5 Å². The molecular formula is C17H18FNO2S. The van der Waals surface area contributed by atoms with Gasteiger partial charge < -0.3 is 4.90 Å². The van der Waals surface area contributed by atoms with E-state index in [1.807, 2.05) is 7.05 Å². The molecule has 0 N–H and O–H groups in total. The molecule has 0 radical (unpaired) electrons. The van der Waals surface area contributed by atoms with Crippen LogP contribution in [0.1, 0.15) is 17.9 Å². The van der Waals surface area contributed by atoms with E-state index in [1.165, 1.54) is 18.2 Å². The van der Waals surface area contributed by atoms with Crippen LogP contribution in [0.25, 0.3) is 0 Å². The van der Waals surface area contributed by atoms with Crippen LogP contribution in [0, 0.1) is 5.82 Å². The topological polar surface area (TPSA) is 37.4 Å². The number of nitrogens with zero attached hydrogens (tertiary/aromatic N) is 1. The minimum absolute atomic E-state index is 0.0518. The van der Waals surface area contributed by atoms with Gasteiger partial charge in [-0.25, -0.2) is 12.8 Å². The lowest BCUT2D eigenvalue weighted by Crippen LogP contribution is -2.14. The smallest absolute Gasteiger partial charge is 0.209 e. The lowest BCUT2D eigenvalue weighted by atomic mass is 9.98. The summed E-state index contributed by atoms with van der Waals surface area (Å²) in [6.45, 7) is 1.66. The van der Waals surface area contributed by atoms with Gasteiger partial charge in [-0.1, -0.05) is 30.3 Å². The summed E-state index contributed by atoms with van der Waals surface area (Å²) in [4.78, 5) is 2.02. The van der Waals surface area contributed by atoms with Gasteiger partial charge in [0.1, 0.15) is 10.7 Å². The lowest BCUT2D eigenvalue weighted by Gasteiger charge is -2.14. The van der Waals surface area contributed by atoms with Crippen molar-refractivity contribution in [2.24, 2.45) is 0 Å². The SMILES string of the molecule is CN1CCC(c2cccc(S(=O)(=O)c3ccccc3)c2F)C1. The van der Waals surface area contributed by atoms with E-state index in [4.69, 9.17) is 0 Å². The van der Waals surface area contributed by atoms with E-state index in [1.54, 1.807) is 30.3 Å². The average molecular weight is 319 g/mol. The Bertz CT molecular complexity index is 775. The first-order valence-corrected chi connectivity index (χ1v) is 8.75. The molecule has 3 nitrogen and oxygen atoms in total.